The van der Waals surface area contributed by atoms with Crippen LogP contribution in [0.1, 0.15) is 47.0 Å². The highest BCUT2D eigenvalue weighted by molar-refractivity contribution is 4.82. The number of likely N-dealkylation sites (tertiary alicyclic amines) is 1. The van der Waals surface area contributed by atoms with Crippen molar-refractivity contribution in [2.24, 2.45) is 11.8 Å². The first kappa shape index (κ1) is 15.9. The molecule has 0 spiro atoms. The maximum absolute atomic E-state index is 9.42. The van der Waals surface area contributed by atoms with E-state index in [2.05, 4.69) is 37.9 Å². The van der Waals surface area contributed by atoms with Gasteiger partial charge in [0.1, 0.15) is 0 Å². The van der Waals surface area contributed by atoms with Gasteiger partial charge in [-0.2, -0.15) is 0 Å². The van der Waals surface area contributed by atoms with Gasteiger partial charge in [-0.25, -0.2) is 0 Å². The number of unbranched alkanes of at least 4 members (excludes halogenated alkanes) is 1. The molecule has 1 heterocycles. The number of nitrogens with one attached hydrogen (secondary N) is 1. The molecule has 2 N–H and O–H groups in total. The van der Waals surface area contributed by atoms with Gasteiger partial charge in [-0.05, 0) is 44.7 Å². The van der Waals surface area contributed by atoms with Gasteiger partial charge in [-0.3, -0.25) is 0 Å². The Morgan fingerprint density at radius 3 is 2.33 bits per heavy atom. The van der Waals surface area contributed by atoms with Gasteiger partial charge < -0.3 is 15.3 Å². The summed E-state index contributed by atoms with van der Waals surface area (Å²) in [6.45, 7) is 13.9. The average molecular weight is 256 g/mol. The summed E-state index contributed by atoms with van der Waals surface area (Å²) in [6, 6.07) is 0. The summed E-state index contributed by atoms with van der Waals surface area (Å²) in [5, 5.41) is 12.8. The van der Waals surface area contributed by atoms with Crippen molar-refractivity contribution in [3.8, 4) is 0 Å². The summed E-state index contributed by atoms with van der Waals surface area (Å²) < 4.78 is 0. The van der Waals surface area contributed by atoms with Gasteiger partial charge in [-0.1, -0.05) is 27.2 Å². The number of aliphatic hydroxyl groups excluding tert-OH is 1. The van der Waals surface area contributed by atoms with E-state index >= 15 is 0 Å². The number of nitrogens with zero attached hydrogens (tertiary/aromatic N) is 1. The normalized spacial score (nSPS) is 28.5. The Bertz CT molecular complexity index is 225. The van der Waals surface area contributed by atoms with Crippen molar-refractivity contribution in [1.29, 1.82) is 0 Å². The summed E-state index contributed by atoms with van der Waals surface area (Å²) in [4.78, 5) is 2.60. The highest BCUT2D eigenvalue weighted by Crippen LogP contribution is 2.22. The van der Waals surface area contributed by atoms with Gasteiger partial charge in [0.05, 0.1) is 6.61 Å². The molecule has 1 aliphatic heterocycles. The zero-order valence-corrected chi connectivity index (χ0v) is 12.7. The topological polar surface area (TPSA) is 35.5 Å². The summed E-state index contributed by atoms with van der Waals surface area (Å²) in [7, 11) is 0. The van der Waals surface area contributed by atoms with Crippen molar-refractivity contribution >= 4 is 0 Å². The lowest BCUT2D eigenvalue weighted by Crippen LogP contribution is -2.45. The third-order valence-electron chi connectivity index (χ3n) is 4.47. The molecule has 0 saturated carbocycles. The lowest BCUT2D eigenvalue weighted by molar-refractivity contribution is 0.163. The van der Waals surface area contributed by atoms with Crippen molar-refractivity contribution < 1.29 is 5.11 Å². The fraction of sp³-hybridized carbons (Fsp3) is 1.00. The Labute approximate surface area is 113 Å². The van der Waals surface area contributed by atoms with Gasteiger partial charge in [0.2, 0.25) is 0 Å². The molecule has 1 fully saturated rings. The van der Waals surface area contributed by atoms with Crippen LogP contribution in [0.5, 0.6) is 0 Å². The lowest BCUT2D eigenvalue weighted by Gasteiger charge is -2.28. The second-order valence-electron chi connectivity index (χ2n) is 6.42. The molecule has 3 nitrogen and oxygen atoms in total. The van der Waals surface area contributed by atoms with Gasteiger partial charge in [0.25, 0.3) is 0 Å². The monoisotopic (exact) mass is 256 g/mol. The van der Waals surface area contributed by atoms with Crippen molar-refractivity contribution in [3.05, 3.63) is 0 Å². The van der Waals surface area contributed by atoms with E-state index in [1.165, 1.54) is 32.5 Å². The van der Waals surface area contributed by atoms with Crippen LogP contribution in [0.25, 0.3) is 0 Å². The third-order valence-corrected chi connectivity index (χ3v) is 4.47. The number of hydrogen-bond acceptors (Lipinski definition) is 3. The predicted molar refractivity (Wildman–Crippen MR) is 77.8 cm³/mol. The van der Waals surface area contributed by atoms with E-state index in [1.807, 2.05) is 0 Å². The molecule has 0 aromatic rings. The van der Waals surface area contributed by atoms with E-state index in [-0.39, 0.29) is 12.1 Å². The van der Waals surface area contributed by atoms with Gasteiger partial charge >= 0.3 is 0 Å². The molecule has 3 atom stereocenters. The number of hydrogen-bond donors (Lipinski definition) is 2. The van der Waals surface area contributed by atoms with E-state index in [9.17, 15) is 5.11 Å². The van der Waals surface area contributed by atoms with Crippen LogP contribution in [0, 0.1) is 11.8 Å². The Kier molecular flexibility index (Phi) is 6.61. The first-order valence-electron chi connectivity index (χ1n) is 7.59. The largest absolute Gasteiger partial charge is 0.394 e. The van der Waals surface area contributed by atoms with Crippen LogP contribution in [0.2, 0.25) is 0 Å². The molecule has 0 amide bonds. The van der Waals surface area contributed by atoms with E-state index in [4.69, 9.17) is 0 Å². The van der Waals surface area contributed by atoms with Crippen molar-refractivity contribution in [3.63, 3.8) is 0 Å². The molecule has 0 aromatic carbocycles. The van der Waals surface area contributed by atoms with E-state index < -0.39 is 0 Å². The van der Waals surface area contributed by atoms with Gasteiger partial charge in [-0.15, -0.1) is 0 Å². The van der Waals surface area contributed by atoms with E-state index in [0.717, 1.165) is 24.8 Å². The quantitative estimate of drug-likeness (QED) is 0.653. The molecule has 0 aromatic heterocycles. The minimum absolute atomic E-state index is 0.0830. The Balaban J connectivity index is 2.15. The van der Waals surface area contributed by atoms with Crippen molar-refractivity contribution in [1.82, 2.24) is 10.2 Å². The van der Waals surface area contributed by atoms with Crippen LogP contribution < -0.4 is 5.32 Å². The smallest absolute Gasteiger partial charge is 0.0610 e. The van der Waals surface area contributed by atoms with Crippen molar-refractivity contribution in [2.75, 3.05) is 32.8 Å². The van der Waals surface area contributed by atoms with Crippen molar-refractivity contribution in [2.45, 2.75) is 52.5 Å². The fourth-order valence-electron chi connectivity index (χ4n) is 2.93. The lowest BCUT2D eigenvalue weighted by atomic mass is 9.95. The highest BCUT2D eigenvalue weighted by atomic mass is 16.3. The number of rotatable bonds is 8. The van der Waals surface area contributed by atoms with E-state index in [0.29, 0.717) is 0 Å². The zero-order valence-electron chi connectivity index (χ0n) is 12.7. The summed E-state index contributed by atoms with van der Waals surface area (Å²) >= 11 is 0. The Morgan fingerprint density at radius 2 is 1.83 bits per heavy atom. The fourth-order valence-corrected chi connectivity index (χ4v) is 2.93. The molecular formula is C15H32N2O. The molecule has 108 valence electrons. The molecule has 1 rings (SSSR count). The standard InChI is InChI=1S/C15H32N2O/c1-5-16-15(4,12-18)8-6-7-9-17-10-13(2)14(3)11-17/h13-14,16,18H,5-12H2,1-4H3. The molecule has 0 aliphatic carbocycles. The van der Waals surface area contributed by atoms with Crippen LogP contribution in [0.4, 0.5) is 0 Å². The Morgan fingerprint density at radius 1 is 1.22 bits per heavy atom. The van der Waals surface area contributed by atoms with E-state index in [1.54, 1.807) is 0 Å². The minimum Gasteiger partial charge on any atom is -0.394 e. The Hall–Kier alpha value is -0.120. The minimum atomic E-state index is -0.0830. The zero-order chi connectivity index (χ0) is 13.6. The summed E-state index contributed by atoms with van der Waals surface area (Å²) in [5.74, 6) is 1.71. The van der Waals surface area contributed by atoms with Gasteiger partial charge in [0, 0.05) is 18.6 Å². The molecule has 0 bridgehead atoms. The second kappa shape index (κ2) is 7.46. The second-order valence-corrected chi connectivity index (χ2v) is 6.42. The SMILES string of the molecule is CCNC(C)(CO)CCCCN1CC(C)C(C)C1. The predicted octanol–water partition coefficient (Wildman–Crippen LogP) is 2.10. The first-order chi connectivity index (χ1) is 8.50. The molecular weight excluding hydrogens is 224 g/mol. The molecule has 18 heavy (non-hydrogen) atoms. The average Bonchev–Trinajstić information content (AvgIpc) is 2.65. The van der Waals surface area contributed by atoms with Crippen LogP contribution >= 0.6 is 0 Å². The molecule has 0 radical (unpaired) electrons. The maximum Gasteiger partial charge on any atom is 0.0610 e. The van der Waals surface area contributed by atoms with Gasteiger partial charge in [0.15, 0.2) is 0 Å². The van der Waals surface area contributed by atoms with Crippen LogP contribution in [0.15, 0.2) is 0 Å². The molecule has 3 heteroatoms. The summed E-state index contributed by atoms with van der Waals surface area (Å²) in [6.07, 6.45) is 3.51. The summed E-state index contributed by atoms with van der Waals surface area (Å²) in [5.41, 5.74) is -0.0830. The maximum atomic E-state index is 9.42. The van der Waals surface area contributed by atoms with Crippen LogP contribution in [0.3, 0.4) is 0 Å². The molecule has 3 unspecified atom stereocenters. The first-order valence-corrected chi connectivity index (χ1v) is 7.59. The van der Waals surface area contributed by atoms with Crippen LogP contribution in [-0.4, -0.2) is 48.3 Å². The number of aliphatic hydroxyl groups is 1. The highest BCUT2D eigenvalue weighted by Gasteiger charge is 2.26. The van der Waals surface area contributed by atoms with Crippen LogP contribution in [-0.2, 0) is 0 Å². The third kappa shape index (κ3) is 4.87. The molecule has 1 aliphatic rings. The number of likely N-dealkylation sites (N-methyl/N-ethyl adjacent to an activating group) is 1. The molecule has 1 saturated heterocycles.